The van der Waals surface area contributed by atoms with Gasteiger partial charge in [-0.05, 0) is 71.2 Å². The molecule has 0 unspecified atom stereocenters. The Bertz CT molecular complexity index is 917. The molecule has 0 bridgehead atoms. The van der Waals surface area contributed by atoms with Crippen LogP contribution in [0.4, 0.5) is 0 Å². The Morgan fingerprint density at radius 2 is 0.898 bits per heavy atom. The van der Waals surface area contributed by atoms with Crippen molar-refractivity contribution in [3.05, 3.63) is 0 Å². The lowest BCUT2D eigenvalue weighted by Crippen LogP contribution is -2.43. The van der Waals surface area contributed by atoms with Crippen molar-refractivity contribution in [2.24, 2.45) is 11.5 Å². The second-order valence-corrected chi connectivity index (χ2v) is 18.0. The van der Waals surface area contributed by atoms with Crippen molar-refractivity contribution in [2.75, 3.05) is 57.4 Å². The van der Waals surface area contributed by atoms with Gasteiger partial charge in [0.15, 0.2) is 0 Å². The normalized spacial score (nSPS) is 12.4. The van der Waals surface area contributed by atoms with E-state index >= 15 is 0 Å². The summed E-state index contributed by atoms with van der Waals surface area (Å²) < 4.78 is 11.4. The van der Waals surface area contributed by atoms with E-state index in [1.54, 1.807) is 0 Å². The minimum Gasteiger partial charge on any atom is -0.462 e. The molecule has 0 aliphatic carbocycles. The third-order valence-corrected chi connectivity index (χ3v) is 12.2. The topological polar surface area (TPSA) is 158 Å². The number of carbonyl (C=O) groups is 3. The molecule has 11 heteroatoms. The van der Waals surface area contributed by atoms with Gasteiger partial charge in [-0.25, -0.2) is 0 Å². The first-order chi connectivity index (χ1) is 28.9. The molecule has 0 aromatic rings. The maximum atomic E-state index is 12.8. The number of esters is 2. The lowest BCUT2D eigenvalue weighted by molar-refractivity contribution is -0.157. The van der Waals surface area contributed by atoms with Crippen molar-refractivity contribution in [3.63, 3.8) is 0 Å². The van der Waals surface area contributed by atoms with Crippen molar-refractivity contribution < 1.29 is 23.9 Å². The van der Waals surface area contributed by atoms with E-state index in [9.17, 15) is 14.4 Å². The Hall–Kier alpha value is -1.40. The summed E-state index contributed by atoms with van der Waals surface area (Å²) in [6.07, 6.45) is 36.9. The van der Waals surface area contributed by atoms with E-state index in [-0.39, 0.29) is 24.5 Å². The second-order valence-electron chi connectivity index (χ2n) is 16.9. The van der Waals surface area contributed by atoms with Gasteiger partial charge >= 0.3 is 11.9 Å². The Balaban J connectivity index is 4.40. The second kappa shape index (κ2) is 47.6. The predicted molar refractivity (Wildman–Crippen MR) is 253 cm³/mol. The zero-order valence-electron chi connectivity index (χ0n) is 38.8. The summed E-state index contributed by atoms with van der Waals surface area (Å²) in [6, 6.07) is -0.667. The van der Waals surface area contributed by atoms with Crippen LogP contribution in [0.2, 0.25) is 0 Å². The van der Waals surface area contributed by atoms with Gasteiger partial charge in [-0.1, -0.05) is 168 Å². The molecule has 0 rings (SSSR count). The zero-order chi connectivity index (χ0) is 43.1. The molecule has 0 fully saturated rings. The van der Waals surface area contributed by atoms with Crippen LogP contribution >= 0.6 is 11.8 Å². The molecule has 10 nitrogen and oxygen atoms in total. The fraction of sp³-hybridized carbons (Fsp3) is 0.938. The fourth-order valence-electron chi connectivity index (χ4n) is 7.13. The molecule has 350 valence electrons. The standard InChI is InChI=1S/C48H97N5O5S/c1-3-5-7-9-11-13-15-17-19-21-23-25-27-33-46(54)57-41-44(58-47(55)34-28-26-24-22-20-18-16-14-12-10-8-6-4-2)42-59-43-45(50)48(56)53-40-32-39-52-37-30-29-36-51-38-31-35-49/h44-45,51-52H,3-43,49-50H2,1-2H3,(H,53,56)/t44-,45+/m1/s1. The summed E-state index contributed by atoms with van der Waals surface area (Å²) >= 11 is 1.46. The molecular formula is C48H97N5O5S. The Morgan fingerprint density at radius 1 is 0.492 bits per heavy atom. The van der Waals surface area contributed by atoms with E-state index in [4.69, 9.17) is 20.9 Å². The molecule has 0 aromatic carbocycles. The molecule has 0 heterocycles. The van der Waals surface area contributed by atoms with Gasteiger partial charge in [0, 0.05) is 30.9 Å². The summed E-state index contributed by atoms with van der Waals surface area (Å²) in [5.41, 5.74) is 11.7. The molecular weight excluding hydrogens is 759 g/mol. The van der Waals surface area contributed by atoms with Crippen molar-refractivity contribution in [1.82, 2.24) is 16.0 Å². The summed E-state index contributed by atoms with van der Waals surface area (Å²) in [5, 5.41) is 9.76. The number of thioether (sulfide) groups is 1. The number of unbranched alkanes of at least 4 members (excludes halogenated alkanes) is 25. The highest BCUT2D eigenvalue weighted by Crippen LogP contribution is 2.16. The third-order valence-electron chi connectivity index (χ3n) is 11.0. The van der Waals surface area contributed by atoms with E-state index in [0.29, 0.717) is 30.9 Å². The van der Waals surface area contributed by atoms with Crippen LogP contribution in [-0.2, 0) is 23.9 Å². The smallest absolute Gasteiger partial charge is 0.306 e. The highest BCUT2D eigenvalue weighted by molar-refractivity contribution is 7.99. The minimum atomic E-state index is -0.667. The Labute approximate surface area is 368 Å². The minimum absolute atomic E-state index is 0.0356. The molecule has 0 aliphatic heterocycles. The number of nitrogens with one attached hydrogen (secondary N) is 3. The van der Waals surface area contributed by atoms with Crippen molar-refractivity contribution in [1.29, 1.82) is 0 Å². The number of rotatable bonds is 48. The molecule has 0 aromatic heterocycles. The molecule has 2 atom stereocenters. The largest absolute Gasteiger partial charge is 0.462 e. The van der Waals surface area contributed by atoms with E-state index in [1.807, 2.05) is 0 Å². The molecule has 0 spiro atoms. The number of nitrogens with two attached hydrogens (primary N) is 2. The maximum absolute atomic E-state index is 12.8. The van der Waals surface area contributed by atoms with Crippen LogP contribution in [0.15, 0.2) is 0 Å². The van der Waals surface area contributed by atoms with Crippen LogP contribution in [0.25, 0.3) is 0 Å². The van der Waals surface area contributed by atoms with Crippen LogP contribution in [0.1, 0.15) is 219 Å². The Kier molecular flexibility index (Phi) is 46.5. The van der Waals surface area contributed by atoms with Gasteiger partial charge in [0.05, 0.1) is 6.04 Å². The van der Waals surface area contributed by atoms with E-state index in [0.717, 1.165) is 96.9 Å². The van der Waals surface area contributed by atoms with Gasteiger partial charge in [0.25, 0.3) is 0 Å². The molecule has 1 amide bonds. The van der Waals surface area contributed by atoms with Gasteiger partial charge in [0.1, 0.15) is 12.7 Å². The van der Waals surface area contributed by atoms with E-state index < -0.39 is 12.1 Å². The molecule has 59 heavy (non-hydrogen) atoms. The molecule has 0 saturated carbocycles. The van der Waals surface area contributed by atoms with Crippen LogP contribution in [0.5, 0.6) is 0 Å². The fourth-order valence-corrected chi connectivity index (χ4v) is 8.10. The van der Waals surface area contributed by atoms with Crippen LogP contribution in [0.3, 0.4) is 0 Å². The van der Waals surface area contributed by atoms with Gasteiger partial charge in [-0.2, -0.15) is 11.8 Å². The summed E-state index contributed by atoms with van der Waals surface area (Å²) in [5.74, 6) is 0.145. The average molecular weight is 856 g/mol. The van der Waals surface area contributed by atoms with Gasteiger partial charge in [0.2, 0.25) is 5.91 Å². The third kappa shape index (κ3) is 44.5. The predicted octanol–water partition coefficient (Wildman–Crippen LogP) is 10.3. The maximum Gasteiger partial charge on any atom is 0.306 e. The SMILES string of the molecule is CCCCCCCCCCCCCCCC(=O)OC[C@H](CSC[C@H](N)C(=O)NCCCNCCCCNCCCN)OC(=O)CCCCCCCCCCCCCCC. The first-order valence-electron chi connectivity index (χ1n) is 25.0. The highest BCUT2D eigenvalue weighted by atomic mass is 32.2. The lowest BCUT2D eigenvalue weighted by Gasteiger charge is -2.19. The number of hydrogen-bond donors (Lipinski definition) is 5. The number of carbonyl (C=O) groups excluding carboxylic acids is 3. The lowest BCUT2D eigenvalue weighted by atomic mass is 10.0. The molecule has 0 saturated heterocycles. The Morgan fingerprint density at radius 3 is 1.36 bits per heavy atom. The zero-order valence-corrected chi connectivity index (χ0v) is 39.6. The van der Waals surface area contributed by atoms with Crippen LogP contribution in [-0.4, -0.2) is 87.4 Å². The van der Waals surface area contributed by atoms with Crippen LogP contribution < -0.4 is 27.4 Å². The van der Waals surface area contributed by atoms with Crippen LogP contribution in [0, 0.1) is 0 Å². The average Bonchev–Trinajstić information content (AvgIpc) is 3.23. The van der Waals surface area contributed by atoms with E-state index in [1.165, 1.54) is 140 Å². The highest BCUT2D eigenvalue weighted by Gasteiger charge is 2.20. The first-order valence-corrected chi connectivity index (χ1v) is 26.2. The summed E-state index contributed by atoms with van der Waals surface area (Å²) in [6.45, 7) is 9.65. The van der Waals surface area contributed by atoms with Gasteiger partial charge in [-0.15, -0.1) is 0 Å². The van der Waals surface area contributed by atoms with Crippen molar-refractivity contribution >= 4 is 29.6 Å². The summed E-state index contributed by atoms with van der Waals surface area (Å²) in [4.78, 5) is 38.1. The quantitative estimate of drug-likeness (QED) is 0.0295. The van der Waals surface area contributed by atoms with Crippen molar-refractivity contribution in [3.8, 4) is 0 Å². The summed E-state index contributed by atoms with van der Waals surface area (Å²) in [7, 11) is 0. The molecule has 7 N–H and O–H groups in total. The molecule has 0 aliphatic rings. The van der Waals surface area contributed by atoms with Gasteiger partial charge < -0.3 is 36.9 Å². The first kappa shape index (κ1) is 57.6. The van der Waals surface area contributed by atoms with Crippen molar-refractivity contribution in [2.45, 2.75) is 231 Å². The number of ether oxygens (including phenoxy) is 2. The molecule has 0 radical (unpaired) electrons. The van der Waals surface area contributed by atoms with E-state index in [2.05, 4.69) is 29.8 Å². The number of hydrogen-bond acceptors (Lipinski definition) is 10. The van der Waals surface area contributed by atoms with Gasteiger partial charge in [-0.3, -0.25) is 14.4 Å². The monoisotopic (exact) mass is 856 g/mol. The number of amides is 1.